The van der Waals surface area contributed by atoms with Crippen LogP contribution in [-0.2, 0) is 0 Å². The van der Waals surface area contributed by atoms with Crippen molar-refractivity contribution in [1.82, 2.24) is 5.32 Å². The average molecular weight is 284 g/mol. The van der Waals surface area contributed by atoms with E-state index in [0.717, 1.165) is 12.1 Å². The van der Waals surface area contributed by atoms with Gasteiger partial charge in [-0.25, -0.2) is 0 Å². The summed E-state index contributed by atoms with van der Waals surface area (Å²) in [7, 11) is 3.20. The minimum Gasteiger partial charge on any atom is -0.493 e. The van der Waals surface area contributed by atoms with E-state index < -0.39 is 0 Å². The summed E-state index contributed by atoms with van der Waals surface area (Å²) in [5.41, 5.74) is 2.31. The number of nitrogens with one attached hydrogen (secondary N) is 1. The van der Waals surface area contributed by atoms with E-state index in [1.54, 1.807) is 14.2 Å². The van der Waals surface area contributed by atoms with Crippen LogP contribution in [0.5, 0.6) is 11.5 Å². The zero-order valence-electron chi connectivity index (χ0n) is 12.2. The number of allylic oxidation sites excluding steroid dienone is 1. The number of benzene rings is 1. The number of rotatable bonds is 6. The molecule has 0 aliphatic rings. The quantitative estimate of drug-likeness (QED) is 0.801. The van der Waals surface area contributed by atoms with Crippen molar-refractivity contribution < 1.29 is 9.47 Å². The highest BCUT2D eigenvalue weighted by Crippen LogP contribution is 2.37. The van der Waals surface area contributed by atoms with E-state index in [2.05, 4.69) is 32.2 Å². The molecule has 4 heteroatoms. The fraction of sp³-hybridized carbons (Fsp3) is 0.467. The van der Waals surface area contributed by atoms with Gasteiger partial charge in [0.25, 0.3) is 0 Å². The van der Waals surface area contributed by atoms with E-state index in [1.165, 1.54) is 5.57 Å². The smallest absolute Gasteiger partial charge is 0.179 e. The summed E-state index contributed by atoms with van der Waals surface area (Å²) >= 11 is 6.24. The molecule has 1 atom stereocenters. The van der Waals surface area contributed by atoms with Gasteiger partial charge in [0, 0.05) is 0 Å². The Bertz CT molecular complexity index is 454. The largest absolute Gasteiger partial charge is 0.493 e. The Morgan fingerprint density at radius 3 is 2.47 bits per heavy atom. The van der Waals surface area contributed by atoms with Gasteiger partial charge < -0.3 is 14.8 Å². The molecule has 0 spiro atoms. The van der Waals surface area contributed by atoms with Gasteiger partial charge in [0.2, 0.25) is 0 Å². The average Bonchev–Trinajstić information content (AvgIpc) is 2.36. The third kappa shape index (κ3) is 4.15. The molecular formula is C15H22ClNO2. The lowest BCUT2D eigenvalue weighted by Gasteiger charge is -2.18. The summed E-state index contributed by atoms with van der Waals surface area (Å²) in [6.45, 7) is 7.11. The number of methoxy groups -OCH3 is 2. The Morgan fingerprint density at radius 2 is 2.00 bits per heavy atom. The molecule has 0 saturated carbocycles. The van der Waals surface area contributed by atoms with Crippen LogP contribution in [0, 0.1) is 0 Å². The van der Waals surface area contributed by atoms with Crippen LogP contribution in [0.15, 0.2) is 23.8 Å². The first-order valence-electron chi connectivity index (χ1n) is 6.33. The second-order valence-corrected chi connectivity index (χ2v) is 4.92. The summed E-state index contributed by atoms with van der Waals surface area (Å²) < 4.78 is 10.6. The number of halogens is 1. The molecule has 0 aromatic heterocycles. The van der Waals surface area contributed by atoms with E-state index in [4.69, 9.17) is 21.1 Å². The zero-order valence-corrected chi connectivity index (χ0v) is 13.0. The Balaban J connectivity index is 3.24. The molecule has 1 N–H and O–H groups in total. The number of hydrogen-bond donors (Lipinski definition) is 1. The maximum atomic E-state index is 6.24. The molecule has 0 saturated heterocycles. The predicted molar refractivity (Wildman–Crippen MR) is 80.4 cm³/mol. The van der Waals surface area contributed by atoms with Gasteiger partial charge in [-0.05, 0) is 38.1 Å². The van der Waals surface area contributed by atoms with Gasteiger partial charge in [-0.3, -0.25) is 0 Å². The molecule has 0 radical (unpaired) electrons. The Kier molecular flexibility index (Phi) is 6.19. The molecule has 1 aromatic carbocycles. The fourth-order valence-electron chi connectivity index (χ4n) is 1.94. The highest BCUT2D eigenvalue weighted by molar-refractivity contribution is 6.32. The second-order valence-electron chi connectivity index (χ2n) is 4.52. The minimum absolute atomic E-state index is 0.118. The molecule has 0 heterocycles. The van der Waals surface area contributed by atoms with Crippen molar-refractivity contribution >= 4 is 11.6 Å². The first-order valence-corrected chi connectivity index (χ1v) is 6.71. The summed E-state index contributed by atoms with van der Waals surface area (Å²) in [4.78, 5) is 0. The zero-order chi connectivity index (χ0) is 14.4. The van der Waals surface area contributed by atoms with E-state index >= 15 is 0 Å². The first kappa shape index (κ1) is 15.9. The Labute approximate surface area is 120 Å². The van der Waals surface area contributed by atoms with Crippen LogP contribution in [0.25, 0.3) is 0 Å². The molecule has 19 heavy (non-hydrogen) atoms. The van der Waals surface area contributed by atoms with Crippen LogP contribution < -0.4 is 14.8 Å². The minimum atomic E-state index is 0.118. The monoisotopic (exact) mass is 283 g/mol. The molecule has 1 rings (SSSR count). The van der Waals surface area contributed by atoms with Gasteiger partial charge in [0.1, 0.15) is 0 Å². The summed E-state index contributed by atoms with van der Waals surface area (Å²) in [5, 5.41) is 3.97. The molecule has 0 aliphatic heterocycles. The van der Waals surface area contributed by atoms with Crippen LogP contribution >= 0.6 is 11.6 Å². The molecule has 0 fully saturated rings. The summed E-state index contributed by atoms with van der Waals surface area (Å²) in [5.74, 6) is 1.22. The van der Waals surface area contributed by atoms with Gasteiger partial charge in [0.15, 0.2) is 11.5 Å². The maximum Gasteiger partial charge on any atom is 0.179 e. The lowest BCUT2D eigenvalue weighted by molar-refractivity contribution is 0.354. The standard InChI is InChI=1S/C15H22ClNO2/c1-6-17-13(7-10(2)3)11-8-12(16)15(19-5)14(9-11)18-4/h7-9,13,17H,6H2,1-5H3. The van der Waals surface area contributed by atoms with E-state index in [1.807, 2.05) is 12.1 Å². The number of likely N-dealkylation sites (N-methyl/N-ethyl adjacent to an activating group) is 1. The fourth-order valence-corrected chi connectivity index (χ4v) is 2.24. The Morgan fingerprint density at radius 1 is 1.32 bits per heavy atom. The van der Waals surface area contributed by atoms with Crippen LogP contribution in [0.2, 0.25) is 5.02 Å². The van der Waals surface area contributed by atoms with Crippen molar-refractivity contribution in [3.05, 3.63) is 34.4 Å². The third-order valence-corrected chi connectivity index (χ3v) is 3.02. The van der Waals surface area contributed by atoms with Crippen molar-refractivity contribution in [1.29, 1.82) is 0 Å². The number of ether oxygens (including phenoxy) is 2. The molecule has 0 bridgehead atoms. The summed E-state index contributed by atoms with van der Waals surface area (Å²) in [6, 6.07) is 3.99. The highest BCUT2D eigenvalue weighted by Gasteiger charge is 2.15. The lowest BCUT2D eigenvalue weighted by atomic mass is 10.0. The van der Waals surface area contributed by atoms with Gasteiger partial charge in [-0.1, -0.05) is 30.2 Å². The summed E-state index contributed by atoms with van der Waals surface area (Å²) in [6.07, 6.45) is 2.17. The van der Waals surface area contributed by atoms with Gasteiger partial charge in [-0.2, -0.15) is 0 Å². The van der Waals surface area contributed by atoms with Crippen molar-refractivity contribution in [2.24, 2.45) is 0 Å². The van der Waals surface area contributed by atoms with Crippen molar-refractivity contribution in [3.8, 4) is 11.5 Å². The topological polar surface area (TPSA) is 30.5 Å². The van der Waals surface area contributed by atoms with Crippen LogP contribution in [0.3, 0.4) is 0 Å². The lowest BCUT2D eigenvalue weighted by Crippen LogP contribution is -2.19. The highest BCUT2D eigenvalue weighted by atomic mass is 35.5. The van der Waals surface area contributed by atoms with E-state index in [9.17, 15) is 0 Å². The van der Waals surface area contributed by atoms with Gasteiger partial charge >= 0.3 is 0 Å². The maximum absolute atomic E-state index is 6.24. The van der Waals surface area contributed by atoms with Gasteiger partial charge in [0.05, 0.1) is 25.3 Å². The first-order chi connectivity index (χ1) is 9.03. The molecule has 3 nitrogen and oxygen atoms in total. The van der Waals surface area contributed by atoms with E-state index in [0.29, 0.717) is 16.5 Å². The molecule has 0 aliphatic carbocycles. The number of hydrogen-bond acceptors (Lipinski definition) is 3. The third-order valence-electron chi connectivity index (χ3n) is 2.74. The van der Waals surface area contributed by atoms with E-state index in [-0.39, 0.29) is 6.04 Å². The molecule has 106 valence electrons. The van der Waals surface area contributed by atoms with Crippen molar-refractivity contribution in [3.63, 3.8) is 0 Å². The molecule has 0 amide bonds. The van der Waals surface area contributed by atoms with Crippen molar-refractivity contribution in [2.75, 3.05) is 20.8 Å². The van der Waals surface area contributed by atoms with Crippen LogP contribution in [0.4, 0.5) is 0 Å². The predicted octanol–water partition coefficient (Wildman–Crippen LogP) is 3.97. The molecular weight excluding hydrogens is 262 g/mol. The van der Waals surface area contributed by atoms with Crippen LogP contribution in [-0.4, -0.2) is 20.8 Å². The van der Waals surface area contributed by atoms with Crippen molar-refractivity contribution in [2.45, 2.75) is 26.8 Å². The normalized spacial score (nSPS) is 11.9. The van der Waals surface area contributed by atoms with Gasteiger partial charge in [-0.15, -0.1) is 0 Å². The molecule has 1 unspecified atom stereocenters. The second kappa shape index (κ2) is 7.41. The SMILES string of the molecule is CCNC(C=C(C)C)c1cc(Cl)c(OC)c(OC)c1. The Hall–Kier alpha value is -1.19. The molecule has 1 aromatic rings. The van der Waals surface area contributed by atoms with Crippen LogP contribution in [0.1, 0.15) is 32.4 Å².